The van der Waals surface area contributed by atoms with E-state index >= 15 is 0 Å². The minimum atomic E-state index is -0.101. The van der Waals surface area contributed by atoms with Gasteiger partial charge in [0.05, 0.1) is 0 Å². The van der Waals surface area contributed by atoms with E-state index in [1.807, 2.05) is 60.7 Å². The maximum Gasteiger partial charge on any atom is 0.165 e. The fourth-order valence-electron chi connectivity index (χ4n) is 2.69. The van der Waals surface area contributed by atoms with Gasteiger partial charge in [-0.25, -0.2) is 0 Å². The van der Waals surface area contributed by atoms with Crippen molar-refractivity contribution in [1.82, 2.24) is 0 Å². The van der Waals surface area contributed by atoms with Gasteiger partial charge >= 0.3 is 0 Å². The summed E-state index contributed by atoms with van der Waals surface area (Å²) in [6, 6.07) is 20.8. The smallest absolute Gasteiger partial charge is 0.165 e. The molecular formula is C23H22O4. The van der Waals surface area contributed by atoms with E-state index in [0.717, 1.165) is 11.1 Å². The second-order valence-electron chi connectivity index (χ2n) is 6.09. The van der Waals surface area contributed by atoms with E-state index in [1.54, 1.807) is 6.08 Å². The predicted octanol–water partition coefficient (Wildman–Crippen LogP) is 4.98. The number of allylic oxidation sites excluding steroid dienone is 1. The van der Waals surface area contributed by atoms with Crippen molar-refractivity contribution in [3.8, 4) is 23.0 Å². The number of aromatic hydroxyl groups is 2. The molecule has 0 aliphatic carbocycles. The van der Waals surface area contributed by atoms with E-state index in [1.165, 1.54) is 6.07 Å². The SMILES string of the molecule is C=CCc1c(O)c(OCc2ccccc2)cc(OCc2ccccc2)c1O. The summed E-state index contributed by atoms with van der Waals surface area (Å²) >= 11 is 0. The molecule has 3 aromatic rings. The second kappa shape index (κ2) is 8.81. The van der Waals surface area contributed by atoms with E-state index in [-0.39, 0.29) is 23.0 Å². The van der Waals surface area contributed by atoms with Crippen LogP contribution in [0.25, 0.3) is 0 Å². The third-order valence-corrected chi connectivity index (χ3v) is 4.12. The first-order valence-electron chi connectivity index (χ1n) is 8.71. The monoisotopic (exact) mass is 362 g/mol. The van der Waals surface area contributed by atoms with Crippen LogP contribution in [-0.2, 0) is 19.6 Å². The molecule has 3 aromatic carbocycles. The minimum absolute atomic E-state index is 0.101. The number of rotatable bonds is 8. The van der Waals surface area contributed by atoms with Gasteiger partial charge in [-0.15, -0.1) is 6.58 Å². The summed E-state index contributed by atoms with van der Waals surface area (Å²) < 4.78 is 11.6. The molecule has 0 fully saturated rings. The van der Waals surface area contributed by atoms with Crippen LogP contribution in [-0.4, -0.2) is 10.2 Å². The Hall–Kier alpha value is -3.40. The fraction of sp³-hybridized carbons (Fsp3) is 0.130. The zero-order valence-corrected chi connectivity index (χ0v) is 15.0. The Morgan fingerprint density at radius 2 is 1.19 bits per heavy atom. The maximum absolute atomic E-state index is 10.5. The first-order valence-corrected chi connectivity index (χ1v) is 8.71. The maximum atomic E-state index is 10.5. The van der Waals surface area contributed by atoms with E-state index < -0.39 is 0 Å². The highest BCUT2D eigenvalue weighted by Gasteiger charge is 2.19. The highest BCUT2D eigenvalue weighted by molar-refractivity contribution is 5.60. The average Bonchev–Trinajstić information content (AvgIpc) is 2.71. The highest BCUT2D eigenvalue weighted by Crippen LogP contribution is 2.44. The Labute approximate surface area is 158 Å². The van der Waals surface area contributed by atoms with Gasteiger partial charge in [0.15, 0.2) is 23.0 Å². The molecule has 0 radical (unpaired) electrons. The van der Waals surface area contributed by atoms with Gasteiger partial charge in [0.2, 0.25) is 0 Å². The van der Waals surface area contributed by atoms with Crippen molar-refractivity contribution < 1.29 is 19.7 Å². The zero-order valence-electron chi connectivity index (χ0n) is 15.0. The van der Waals surface area contributed by atoms with Crippen LogP contribution in [0.5, 0.6) is 23.0 Å². The topological polar surface area (TPSA) is 58.9 Å². The molecule has 0 aliphatic rings. The van der Waals surface area contributed by atoms with Crippen molar-refractivity contribution in [2.24, 2.45) is 0 Å². The molecule has 0 saturated heterocycles. The lowest BCUT2D eigenvalue weighted by Crippen LogP contribution is -2.01. The van der Waals surface area contributed by atoms with Gasteiger partial charge in [-0.2, -0.15) is 0 Å². The third-order valence-electron chi connectivity index (χ3n) is 4.12. The Kier molecular flexibility index (Phi) is 6.00. The van der Waals surface area contributed by atoms with Crippen molar-refractivity contribution >= 4 is 0 Å². The van der Waals surface area contributed by atoms with Crippen LogP contribution in [0.1, 0.15) is 16.7 Å². The summed E-state index contributed by atoms with van der Waals surface area (Å²) in [5, 5.41) is 21.0. The number of phenols is 2. The lowest BCUT2D eigenvalue weighted by molar-refractivity contribution is 0.267. The molecule has 4 heteroatoms. The molecule has 0 unspecified atom stereocenters. The lowest BCUT2D eigenvalue weighted by Gasteiger charge is -2.16. The number of hydrogen-bond donors (Lipinski definition) is 2. The van der Waals surface area contributed by atoms with E-state index in [2.05, 4.69) is 6.58 Å². The predicted molar refractivity (Wildman–Crippen MR) is 105 cm³/mol. The van der Waals surface area contributed by atoms with Gasteiger partial charge in [-0.05, 0) is 17.5 Å². The van der Waals surface area contributed by atoms with Gasteiger partial charge < -0.3 is 19.7 Å². The van der Waals surface area contributed by atoms with Gasteiger partial charge in [-0.3, -0.25) is 0 Å². The van der Waals surface area contributed by atoms with Crippen molar-refractivity contribution in [2.75, 3.05) is 0 Å². The van der Waals surface area contributed by atoms with Crippen LogP contribution < -0.4 is 9.47 Å². The summed E-state index contributed by atoms with van der Waals surface area (Å²) in [7, 11) is 0. The van der Waals surface area contributed by atoms with Gasteiger partial charge in [0.1, 0.15) is 13.2 Å². The van der Waals surface area contributed by atoms with E-state index in [0.29, 0.717) is 25.2 Å². The summed E-state index contributed by atoms with van der Waals surface area (Å²) in [6.45, 7) is 4.27. The van der Waals surface area contributed by atoms with Crippen molar-refractivity contribution in [1.29, 1.82) is 0 Å². The molecule has 0 aromatic heterocycles. The highest BCUT2D eigenvalue weighted by atomic mass is 16.5. The molecular weight excluding hydrogens is 340 g/mol. The molecule has 0 heterocycles. The summed E-state index contributed by atoms with van der Waals surface area (Å²) in [4.78, 5) is 0. The average molecular weight is 362 g/mol. The Bertz CT molecular complexity index is 822. The molecule has 0 atom stereocenters. The number of hydrogen-bond acceptors (Lipinski definition) is 4. The molecule has 0 saturated carbocycles. The standard InChI is InChI=1S/C23H22O4/c1-2-9-19-22(24)20(26-15-17-10-5-3-6-11-17)14-21(23(19)25)27-16-18-12-7-4-8-13-18/h2-8,10-14,24-25H,1,9,15-16H2. The zero-order chi connectivity index (χ0) is 19.1. The Balaban J connectivity index is 1.85. The van der Waals surface area contributed by atoms with Crippen LogP contribution in [0.3, 0.4) is 0 Å². The summed E-state index contributed by atoms with van der Waals surface area (Å²) in [6.07, 6.45) is 1.90. The Morgan fingerprint density at radius 1 is 0.741 bits per heavy atom. The molecule has 0 bridgehead atoms. The quantitative estimate of drug-likeness (QED) is 0.555. The Morgan fingerprint density at radius 3 is 1.59 bits per heavy atom. The normalized spacial score (nSPS) is 10.4. The van der Waals surface area contributed by atoms with Crippen molar-refractivity contribution in [3.63, 3.8) is 0 Å². The number of benzene rings is 3. The van der Waals surface area contributed by atoms with Crippen molar-refractivity contribution in [3.05, 3.63) is 96.1 Å². The minimum Gasteiger partial charge on any atom is -0.504 e. The number of ether oxygens (including phenoxy) is 2. The first kappa shape index (κ1) is 18.4. The second-order valence-corrected chi connectivity index (χ2v) is 6.09. The van der Waals surface area contributed by atoms with Crippen LogP contribution in [0.2, 0.25) is 0 Å². The van der Waals surface area contributed by atoms with Crippen LogP contribution in [0.15, 0.2) is 79.4 Å². The summed E-state index contributed by atoms with van der Waals surface area (Å²) in [5.41, 5.74) is 2.28. The molecule has 0 spiro atoms. The molecule has 3 rings (SSSR count). The van der Waals surface area contributed by atoms with Gasteiger partial charge in [0.25, 0.3) is 0 Å². The molecule has 138 valence electrons. The van der Waals surface area contributed by atoms with Crippen LogP contribution >= 0.6 is 0 Å². The molecule has 0 amide bonds. The lowest BCUT2D eigenvalue weighted by atomic mass is 10.1. The van der Waals surface area contributed by atoms with Gasteiger partial charge in [-0.1, -0.05) is 66.7 Å². The van der Waals surface area contributed by atoms with Crippen LogP contribution in [0.4, 0.5) is 0 Å². The molecule has 0 aliphatic heterocycles. The molecule has 4 nitrogen and oxygen atoms in total. The van der Waals surface area contributed by atoms with E-state index in [9.17, 15) is 10.2 Å². The molecule has 2 N–H and O–H groups in total. The van der Waals surface area contributed by atoms with Gasteiger partial charge in [0, 0.05) is 11.6 Å². The number of phenolic OH excluding ortho intramolecular Hbond substituents is 2. The van der Waals surface area contributed by atoms with Crippen LogP contribution in [0, 0.1) is 0 Å². The summed E-state index contributed by atoms with van der Waals surface area (Å²) in [5.74, 6) is 0.318. The molecule has 27 heavy (non-hydrogen) atoms. The van der Waals surface area contributed by atoms with Crippen molar-refractivity contribution in [2.45, 2.75) is 19.6 Å². The fourth-order valence-corrected chi connectivity index (χ4v) is 2.69. The largest absolute Gasteiger partial charge is 0.504 e. The third kappa shape index (κ3) is 4.61. The first-order chi connectivity index (χ1) is 13.2. The van der Waals surface area contributed by atoms with E-state index in [4.69, 9.17) is 9.47 Å².